The first-order valence-corrected chi connectivity index (χ1v) is 5.90. The summed E-state index contributed by atoms with van der Waals surface area (Å²) in [5, 5.41) is 18.6. The van der Waals surface area contributed by atoms with Crippen molar-refractivity contribution in [1.82, 2.24) is 4.98 Å². The number of carbonyl (C=O) groups excluding carboxylic acids is 1. The second-order valence-corrected chi connectivity index (χ2v) is 4.36. The lowest BCUT2D eigenvalue weighted by molar-refractivity contribution is -0.155. The number of esters is 1. The maximum absolute atomic E-state index is 11.5. The number of benzene rings is 1. The predicted molar refractivity (Wildman–Crippen MR) is 70.2 cm³/mol. The van der Waals surface area contributed by atoms with Crippen LogP contribution in [0.1, 0.15) is 5.56 Å². The van der Waals surface area contributed by atoms with E-state index in [-0.39, 0.29) is 12.2 Å². The lowest BCUT2D eigenvalue weighted by atomic mass is 10.1. The molecule has 0 aliphatic rings. The molecule has 0 spiro atoms. The number of H-pyrrole nitrogens is 1. The van der Waals surface area contributed by atoms with Crippen molar-refractivity contribution in [2.75, 3.05) is 6.61 Å². The van der Waals surface area contributed by atoms with Crippen LogP contribution in [0.3, 0.4) is 0 Å². The Kier molecular flexibility index (Phi) is 3.90. The van der Waals surface area contributed by atoms with Gasteiger partial charge in [0.2, 0.25) is 0 Å². The number of carbonyl (C=O) groups is 2. The number of rotatable bonds is 5. The third-order valence-corrected chi connectivity index (χ3v) is 2.83. The van der Waals surface area contributed by atoms with Gasteiger partial charge in [-0.3, -0.25) is 4.79 Å². The highest BCUT2D eigenvalue weighted by molar-refractivity contribution is 5.86. The zero-order valence-electron chi connectivity index (χ0n) is 10.5. The maximum atomic E-state index is 11.5. The van der Waals surface area contributed by atoms with Gasteiger partial charge in [0.1, 0.15) is 11.8 Å². The third kappa shape index (κ3) is 3.07. The summed E-state index contributed by atoms with van der Waals surface area (Å²) in [6, 6.07) is 3.86. The summed E-state index contributed by atoms with van der Waals surface area (Å²) in [6.07, 6.45) is 1.87. The van der Waals surface area contributed by atoms with Crippen molar-refractivity contribution in [3.63, 3.8) is 0 Å². The SMILES string of the molecule is NC(Cc1c[nH]c2ccc(O)cc12)C(=O)OCC(=O)O. The highest BCUT2D eigenvalue weighted by atomic mass is 16.5. The number of hydrogen-bond donors (Lipinski definition) is 4. The fraction of sp³-hybridized carbons (Fsp3) is 0.231. The molecule has 0 radical (unpaired) electrons. The molecule has 0 fully saturated rings. The van der Waals surface area contributed by atoms with E-state index in [1.807, 2.05) is 0 Å². The molecule has 1 aromatic carbocycles. The summed E-state index contributed by atoms with van der Waals surface area (Å²) in [6.45, 7) is -0.707. The quantitative estimate of drug-likeness (QED) is 0.585. The smallest absolute Gasteiger partial charge is 0.341 e. The Hall–Kier alpha value is -2.54. The molecule has 7 heteroatoms. The molecular weight excluding hydrogens is 264 g/mol. The lowest BCUT2D eigenvalue weighted by Crippen LogP contribution is -2.35. The number of hydrogen-bond acceptors (Lipinski definition) is 5. The van der Waals surface area contributed by atoms with Crippen molar-refractivity contribution in [2.24, 2.45) is 5.73 Å². The minimum atomic E-state index is -1.23. The number of nitrogens with two attached hydrogens (primary N) is 1. The summed E-state index contributed by atoms with van der Waals surface area (Å²) in [5.74, 6) is -1.90. The number of aromatic nitrogens is 1. The van der Waals surface area contributed by atoms with Crippen LogP contribution in [0.2, 0.25) is 0 Å². The molecule has 0 saturated heterocycles. The number of nitrogens with one attached hydrogen (secondary N) is 1. The number of phenols is 1. The van der Waals surface area contributed by atoms with Crippen LogP contribution in [-0.2, 0) is 20.7 Å². The molecule has 0 aliphatic heterocycles. The number of carboxylic acid groups (broad SMARTS) is 1. The Balaban J connectivity index is 2.09. The molecular formula is C13H14N2O5. The molecule has 1 atom stereocenters. The van der Waals surface area contributed by atoms with Gasteiger partial charge in [0.25, 0.3) is 0 Å². The Morgan fingerprint density at radius 1 is 1.40 bits per heavy atom. The summed E-state index contributed by atoms with van der Waals surface area (Å²) in [4.78, 5) is 24.8. The predicted octanol–water partition coefficient (Wildman–Crippen LogP) is 0.371. The van der Waals surface area contributed by atoms with E-state index in [4.69, 9.17) is 10.8 Å². The van der Waals surface area contributed by atoms with Crippen molar-refractivity contribution in [1.29, 1.82) is 0 Å². The van der Waals surface area contributed by atoms with Gasteiger partial charge >= 0.3 is 11.9 Å². The van der Waals surface area contributed by atoms with Crippen LogP contribution in [-0.4, -0.2) is 39.8 Å². The third-order valence-electron chi connectivity index (χ3n) is 2.83. The molecule has 1 unspecified atom stereocenters. The van der Waals surface area contributed by atoms with Crippen molar-refractivity contribution in [3.05, 3.63) is 30.0 Å². The van der Waals surface area contributed by atoms with Crippen LogP contribution >= 0.6 is 0 Å². The van der Waals surface area contributed by atoms with Gasteiger partial charge in [-0.1, -0.05) is 0 Å². The van der Waals surface area contributed by atoms with Crippen LogP contribution in [0.15, 0.2) is 24.4 Å². The largest absolute Gasteiger partial charge is 0.508 e. The van der Waals surface area contributed by atoms with E-state index in [1.165, 1.54) is 0 Å². The van der Waals surface area contributed by atoms with E-state index in [1.54, 1.807) is 24.4 Å². The average molecular weight is 278 g/mol. The Morgan fingerprint density at radius 3 is 2.85 bits per heavy atom. The highest BCUT2D eigenvalue weighted by Gasteiger charge is 2.18. The maximum Gasteiger partial charge on any atom is 0.341 e. The van der Waals surface area contributed by atoms with E-state index >= 15 is 0 Å². The highest BCUT2D eigenvalue weighted by Crippen LogP contribution is 2.23. The van der Waals surface area contributed by atoms with Crippen LogP contribution in [0, 0.1) is 0 Å². The van der Waals surface area contributed by atoms with Gasteiger partial charge in [-0.25, -0.2) is 4.79 Å². The molecule has 1 aromatic heterocycles. The first-order chi connectivity index (χ1) is 9.47. The number of carboxylic acids is 1. The average Bonchev–Trinajstić information content (AvgIpc) is 2.78. The summed E-state index contributed by atoms with van der Waals surface area (Å²) >= 11 is 0. The molecule has 2 aromatic rings. The van der Waals surface area contributed by atoms with Gasteiger partial charge < -0.3 is 25.7 Å². The zero-order chi connectivity index (χ0) is 14.7. The Bertz CT molecular complexity index is 649. The van der Waals surface area contributed by atoms with Crippen molar-refractivity contribution < 1.29 is 24.5 Å². The fourth-order valence-corrected chi connectivity index (χ4v) is 1.90. The van der Waals surface area contributed by atoms with Gasteiger partial charge in [0.15, 0.2) is 6.61 Å². The second-order valence-electron chi connectivity index (χ2n) is 4.36. The first-order valence-electron chi connectivity index (χ1n) is 5.90. The van der Waals surface area contributed by atoms with E-state index in [9.17, 15) is 14.7 Å². The number of ether oxygens (including phenoxy) is 1. The Labute approximate surface area is 114 Å². The minimum absolute atomic E-state index is 0.111. The molecule has 5 N–H and O–H groups in total. The van der Waals surface area contributed by atoms with Gasteiger partial charge in [-0.15, -0.1) is 0 Å². The number of fused-ring (bicyclic) bond motifs is 1. The summed E-state index contributed by atoms with van der Waals surface area (Å²) < 4.78 is 4.53. The molecule has 1 heterocycles. The molecule has 0 aliphatic carbocycles. The van der Waals surface area contributed by atoms with Gasteiger partial charge in [-0.2, -0.15) is 0 Å². The minimum Gasteiger partial charge on any atom is -0.508 e. The fourth-order valence-electron chi connectivity index (χ4n) is 1.90. The summed E-state index contributed by atoms with van der Waals surface area (Å²) in [7, 11) is 0. The van der Waals surface area contributed by atoms with E-state index in [0.29, 0.717) is 0 Å². The van der Waals surface area contributed by atoms with Gasteiger partial charge in [0, 0.05) is 23.5 Å². The molecule has 0 saturated carbocycles. The molecule has 7 nitrogen and oxygen atoms in total. The molecule has 106 valence electrons. The molecule has 20 heavy (non-hydrogen) atoms. The van der Waals surface area contributed by atoms with Crippen LogP contribution in [0.4, 0.5) is 0 Å². The monoisotopic (exact) mass is 278 g/mol. The summed E-state index contributed by atoms with van der Waals surface area (Å²) in [5.41, 5.74) is 7.24. The van der Waals surface area contributed by atoms with E-state index in [2.05, 4.69) is 9.72 Å². The molecule has 0 bridgehead atoms. The van der Waals surface area contributed by atoms with Crippen molar-refractivity contribution in [3.8, 4) is 5.75 Å². The topological polar surface area (TPSA) is 126 Å². The Morgan fingerprint density at radius 2 is 2.15 bits per heavy atom. The molecule has 0 amide bonds. The van der Waals surface area contributed by atoms with E-state index in [0.717, 1.165) is 16.5 Å². The van der Waals surface area contributed by atoms with E-state index < -0.39 is 24.6 Å². The normalized spacial score (nSPS) is 12.2. The van der Waals surface area contributed by atoms with Gasteiger partial charge in [-0.05, 0) is 23.8 Å². The first kappa shape index (κ1) is 13.9. The second kappa shape index (κ2) is 5.62. The van der Waals surface area contributed by atoms with Crippen LogP contribution in [0.5, 0.6) is 5.75 Å². The lowest BCUT2D eigenvalue weighted by Gasteiger charge is -2.09. The number of phenolic OH excluding ortho intramolecular Hbond substituents is 1. The van der Waals surface area contributed by atoms with Crippen LogP contribution in [0.25, 0.3) is 10.9 Å². The zero-order valence-corrected chi connectivity index (χ0v) is 10.5. The van der Waals surface area contributed by atoms with Crippen molar-refractivity contribution >= 4 is 22.8 Å². The standard InChI is InChI=1S/C13H14N2O5/c14-10(13(19)20-6-12(17)18)3-7-5-15-11-2-1-8(16)4-9(7)11/h1-2,4-5,10,15-16H,3,6,14H2,(H,17,18). The number of aromatic hydroxyl groups is 1. The molecule has 2 rings (SSSR count). The number of aliphatic carboxylic acids is 1. The number of aromatic amines is 1. The van der Waals surface area contributed by atoms with Crippen molar-refractivity contribution in [2.45, 2.75) is 12.5 Å². The van der Waals surface area contributed by atoms with Gasteiger partial charge in [0.05, 0.1) is 0 Å². The van der Waals surface area contributed by atoms with Crippen LogP contribution < -0.4 is 5.73 Å².